The molecule has 2 nitrogen and oxygen atoms in total. The fraction of sp³-hybridized carbons (Fsp3) is 0.333. The number of hydrogen-bond donors (Lipinski definition) is 1. The summed E-state index contributed by atoms with van der Waals surface area (Å²) in [6.07, 6.45) is -5.43. The molecule has 1 N–H and O–H groups in total. The Morgan fingerprint density at radius 1 is 1.50 bits per heavy atom. The molecule has 0 aromatic carbocycles. The van der Waals surface area contributed by atoms with Gasteiger partial charge in [-0.2, -0.15) is 13.2 Å². The van der Waals surface area contributed by atoms with Crippen LogP contribution in [0.1, 0.15) is 0 Å². The Morgan fingerprint density at radius 3 is 1.88 bits per heavy atom. The SMILES string of the molecule is O=C(O)[CH]C(F)(F)F. The van der Waals surface area contributed by atoms with Gasteiger partial charge in [0, 0.05) is 0 Å². The molecule has 0 aliphatic rings. The van der Waals surface area contributed by atoms with Gasteiger partial charge in [-0.15, -0.1) is 0 Å². The molecule has 0 saturated carbocycles. The maximum Gasteiger partial charge on any atom is 0.403 e. The van der Waals surface area contributed by atoms with Crippen LogP contribution in [0.4, 0.5) is 13.2 Å². The Bertz CT molecular complexity index is 95.2. The van der Waals surface area contributed by atoms with Crippen molar-refractivity contribution >= 4 is 5.97 Å². The van der Waals surface area contributed by atoms with Crippen molar-refractivity contribution in [3.8, 4) is 0 Å². The molecule has 8 heavy (non-hydrogen) atoms. The van der Waals surface area contributed by atoms with E-state index in [-0.39, 0.29) is 0 Å². The molecule has 0 fully saturated rings. The van der Waals surface area contributed by atoms with Crippen LogP contribution in [0.5, 0.6) is 0 Å². The second kappa shape index (κ2) is 2.02. The van der Waals surface area contributed by atoms with Crippen molar-refractivity contribution in [2.75, 3.05) is 0 Å². The number of carbonyl (C=O) groups is 1. The summed E-state index contributed by atoms with van der Waals surface area (Å²) in [6.45, 7) is 0. The van der Waals surface area contributed by atoms with E-state index in [1.54, 1.807) is 0 Å². The summed E-state index contributed by atoms with van der Waals surface area (Å²) in [5.41, 5.74) is 0. The smallest absolute Gasteiger partial charge is 0.403 e. The molecule has 0 rings (SSSR count). The Balaban J connectivity index is 3.55. The lowest BCUT2D eigenvalue weighted by Gasteiger charge is -1.97. The summed E-state index contributed by atoms with van der Waals surface area (Å²) in [5.74, 6) is -1.97. The van der Waals surface area contributed by atoms with Gasteiger partial charge in [-0.05, 0) is 0 Å². The highest BCUT2D eigenvalue weighted by atomic mass is 19.4. The zero-order chi connectivity index (χ0) is 6.78. The van der Waals surface area contributed by atoms with E-state index in [1.807, 2.05) is 0 Å². The summed E-state index contributed by atoms with van der Waals surface area (Å²) in [4.78, 5) is 9.24. The standard InChI is InChI=1S/C3H2F3O2/c4-3(5,6)1-2(7)8/h1H,(H,7,8). The van der Waals surface area contributed by atoms with E-state index < -0.39 is 18.6 Å². The van der Waals surface area contributed by atoms with Crippen LogP contribution in [-0.2, 0) is 4.79 Å². The Kier molecular flexibility index (Phi) is 1.83. The maximum atomic E-state index is 10.9. The highest BCUT2D eigenvalue weighted by Crippen LogP contribution is 2.17. The number of aliphatic carboxylic acids is 1. The molecule has 0 unspecified atom stereocenters. The molecule has 0 aliphatic carbocycles. The van der Waals surface area contributed by atoms with E-state index in [0.717, 1.165) is 0 Å². The normalized spacial score (nSPS) is 11.4. The lowest BCUT2D eigenvalue weighted by molar-refractivity contribution is -0.146. The second-order valence-electron chi connectivity index (χ2n) is 1.02. The van der Waals surface area contributed by atoms with Crippen molar-refractivity contribution in [3.63, 3.8) is 0 Å². The van der Waals surface area contributed by atoms with Crippen molar-refractivity contribution in [1.29, 1.82) is 0 Å². The average Bonchev–Trinajstić information content (AvgIpc) is 1.21. The number of halogens is 3. The number of carboxylic acids is 1. The predicted octanol–water partition coefficient (Wildman–Crippen LogP) is 0.838. The minimum Gasteiger partial charge on any atom is -0.481 e. The first kappa shape index (κ1) is 7.26. The molecule has 5 heteroatoms. The zero-order valence-electron chi connectivity index (χ0n) is 3.57. The minimum absolute atomic E-state index is 0.729. The quantitative estimate of drug-likeness (QED) is 0.566. The molecule has 0 bridgehead atoms. The molecule has 0 aromatic heterocycles. The van der Waals surface area contributed by atoms with Gasteiger partial charge in [0.2, 0.25) is 0 Å². The van der Waals surface area contributed by atoms with Gasteiger partial charge in [0.05, 0.1) is 0 Å². The average molecular weight is 127 g/mol. The fourth-order valence-electron chi connectivity index (χ4n) is 0.140. The third-order valence-electron chi connectivity index (χ3n) is 0.287. The van der Waals surface area contributed by atoms with Crippen LogP contribution in [0.25, 0.3) is 0 Å². The van der Waals surface area contributed by atoms with Gasteiger partial charge >= 0.3 is 12.1 Å². The first-order valence-electron chi connectivity index (χ1n) is 1.57. The number of alkyl halides is 3. The third kappa shape index (κ3) is 5.26. The molecule has 0 spiro atoms. The largest absolute Gasteiger partial charge is 0.481 e. The fourth-order valence-corrected chi connectivity index (χ4v) is 0.140. The van der Waals surface area contributed by atoms with Gasteiger partial charge < -0.3 is 5.11 Å². The van der Waals surface area contributed by atoms with Crippen molar-refractivity contribution in [2.45, 2.75) is 6.18 Å². The second-order valence-corrected chi connectivity index (χ2v) is 1.02. The first-order valence-corrected chi connectivity index (χ1v) is 1.57. The Labute approximate surface area is 42.9 Å². The molecule has 0 saturated heterocycles. The summed E-state index contributed by atoms with van der Waals surface area (Å²) in [7, 11) is 0. The van der Waals surface area contributed by atoms with Crippen LogP contribution >= 0.6 is 0 Å². The highest BCUT2D eigenvalue weighted by Gasteiger charge is 2.31. The summed E-state index contributed by atoms with van der Waals surface area (Å²) in [5, 5.41) is 7.47. The Morgan fingerprint density at radius 2 is 1.88 bits per heavy atom. The molecule has 0 heterocycles. The van der Waals surface area contributed by atoms with Crippen LogP contribution in [0.3, 0.4) is 0 Å². The van der Waals surface area contributed by atoms with E-state index in [1.165, 1.54) is 0 Å². The zero-order valence-corrected chi connectivity index (χ0v) is 3.57. The van der Waals surface area contributed by atoms with E-state index in [4.69, 9.17) is 5.11 Å². The number of hydrogen-bond acceptors (Lipinski definition) is 1. The van der Waals surface area contributed by atoms with Crippen LogP contribution in [0.2, 0.25) is 0 Å². The van der Waals surface area contributed by atoms with Crippen LogP contribution < -0.4 is 0 Å². The van der Waals surface area contributed by atoms with E-state index in [9.17, 15) is 18.0 Å². The molecule has 1 radical (unpaired) electrons. The topological polar surface area (TPSA) is 37.3 Å². The summed E-state index contributed by atoms with van der Waals surface area (Å²) < 4.78 is 32.6. The van der Waals surface area contributed by atoms with Crippen molar-refractivity contribution in [1.82, 2.24) is 0 Å². The van der Waals surface area contributed by atoms with Gasteiger partial charge in [-0.1, -0.05) is 0 Å². The summed E-state index contributed by atoms with van der Waals surface area (Å²) >= 11 is 0. The van der Waals surface area contributed by atoms with Crippen molar-refractivity contribution in [3.05, 3.63) is 6.42 Å². The van der Waals surface area contributed by atoms with Gasteiger partial charge in [0.15, 0.2) is 6.42 Å². The number of rotatable bonds is 1. The van der Waals surface area contributed by atoms with Crippen molar-refractivity contribution < 1.29 is 23.1 Å². The highest BCUT2D eigenvalue weighted by molar-refractivity contribution is 5.77. The van der Waals surface area contributed by atoms with E-state index in [0.29, 0.717) is 0 Å². The van der Waals surface area contributed by atoms with E-state index >= 15 is 0 Å². The molecule has 0 amide bonds. The van der Waals surface area contributed by atoms with Gasteiger partial charge in [0.1, 0.15) is 0 Å². The first-order chi connectivity index (χ1) is 3.42. The lowest BCUT2D eigenvalue weighted by Crippen LogP contribution is -2.14. The third-order valence-corrected chi connectivity index (χ3v) is 0.287. The van der Waals surface area contributed by atoms with Gasteiger partial charge in [-0.3, -0.25) is 4.79 Å². The molecule has 0 atom stereocenters. The maximum absolute atomic E-state index is 10.9. The van der Waals surface area contributed by atoms with Crippen molar-refractivity contribution in [2.24, 2.45) is 0 Å². The predicted molar refractivity (Wildman–Crippen MR) is 18.0 cm³/mol. The Hall–Kier alpha value is -0.740. The monoisotopic (exact) mass is 127 g/mol. The van der Waals surface area contributed by atoms with Gasteiger partial charge in [-0.25, -0.2) is 0 Å². The van der Waals surface area contributed by atoms with Crippen LogP contribution in [-0.4, -0.2) is 17.3 Å². The number of carboxylic acid groups (broad SMARTS) is 1. The molecular formula is C3H2F3O2. The lowest BCUT2D eigenvalue weighted by atomic mass is 10.4. The van der Waals surface area contributed by atoms with E-state index in [2.05, 4.69) is 0 Å². The molecule has 47 valence electrons. The summed E-state index contributed by atoms with van der Waals surface area (Å²) in [6, 6.07) is 0. The van der Waals surface area contributed by atoms with Crippen LogP contribution in [0, 0.1) is 6.42 Å². The van der Waals surface area contributed by atoms with Gasteiger partial charge in [0.25, 0.3) is 0 Å². The minimum atomic E-state index is -4.70. The molecule has 0 aromatic rings. The molecule has 0 aliphatic heterocycles. The molecular weight excluding hydrogens is 125 g/mol. The van der Waals surface area contributed by atoms with Crippen LogP contribution in [0.15, 0.2) is 0 Å².